The molecule has 0 fully saturated rings. The van der Waals surface area contributed by atoms with Gasteiger partial charge in [-0.3, -0.25) is 0 Å². The van der Waals surface area contributed by atoms with E-state index in [0.29, 0.717) is 5.56 Å². The van der Waals surface area contributed by atoms with Crippen molar-refractivity contribution in [1.82, 2.24) is 9.97 Å². The molecule has 0 bridgehead atoms. The molecule has 1 aromatic heterocycles. The third-order valence-electron chi connectivity index (χ3n) is 1.71. The summed E-state index contributed by atoms with van der Waals surface area (Å²) in [5.74, 6) is 0.0641. The van der Waals surface area contributed by atoms with E-state index < -0.39 is 0 Å². The molecule has 0 radical (unpaired) electrons. The predicted molar refractivity (Wildman–Crippen MR) is 47.4 cm³/mol. The Morgan fingerprint density at radius 2 is 1.77 bits per heavy atom. The lowest BCUT2D eigenvalue weighted by Gasteiger charge is -1.99. The first-order valence-electron chi connectivity index (χ1n) is 3.77. The van der Waals surface area contributed by atoms with E-state index in [0.717, 1.165) is 5.69 Å². The van der Waals surface area contributed by atoms with E-state index in [2.05, 4.69) is 9.97 Å². The van der Waals surface area contributed by atoms with Crippen LogP contribution < -0.4 is 0 Å². The normalized spacial score (nSPS) is 10.2. The highest BCUT2D eigenvalue weighted by Crippen LogP contribution is 2.26. The average Bonchev–Trinajstić information content (AvgIpc) is 2.53. The highest BCUT2D eigenvalue weighted by atomic mass is 16.3. The van der Waals surface area contributed by atoms with Crippen LogP contribution in [0.4, 0.5) is 0 Å². The van der Waals surface area contributed by atoms with Crippen molar-refractivity contribution in [3.63, 3.8) is 0 Å². The molecule has 1 heterocycles. The summed E-state index contributed by atoms with van der Waals surface area (Å²) in [6.45, 7) is 0. The highest BCUT2D eigenvalue weighted by molar-refractivity contribution is 5.62. The van der Waals surface area contributed by atoms with Gasteiger partial charge in [0.1, 0.15) is 11.5 Å². The van der Waals surface area contributed by atoms with Gasteiger partial charge < -0.3 is 15.2 Å². The second kappa shape index (κ2) is 2.82. The van der Waals surface area contributed by atoms with Crippen molar-refractivity contribution in [2.24, 2.45) is 0 Å². The maximum Gasteiger partial charge on any atom is 0.119 e. The van der Waals surface area contributed by atoms with Crippen LogP contribution in [0.25, 0.3) is 11.3 Å². The molecule has 0 atom stereocenters. The van der Waals surface area contributed by atoms with Gasteiger partial charge >= 0.3 is 0 Å². The molecule has 0 aliphatic heterocycles. The summed E-state index contributed by atoms with van der Waals surface area (Å²) in [7, 11) is 0. The van der Waals surface area contributed by atoms with Crippen LogP contribution in [0.3, 0.4) is 0 Å². The van der Waals surface area contributed by atoms with E-state index in [-0.39, 0.29) is 11.5 Å². The number of hydrogen-bond acceptors (Lipinski definition) is 3. The molecule has 4 heteroatoms. The number of phenolic OH excluding ortho intramolecular Hbond substituents is 2. The number of aromatic hydroxyl groups is 2. The number of hydrogen-bond donors (Lipinski definition) is 3. The number of benzene rings is 1. The molecule has 0 aliphatic carbocycles. The lowest BCUT2D eigenvalue weighted by Crippen LogP contribution is -1.76. The molecule has 3 N–H and O–H groups in total. The second-order valence-electron chi connectivity index (χ2n) is 2.70. The molecule has 0 amide bonds. The van der Waals surface area contributed by atoms with E-state index in [4.69, 9.17) is 0 Å². The van der Waals surface area contributed by atoms with Gasteiger partial charge in [-0.2, -0.15) is 0 Å². The number of aromatic nitrogens is 2. The summed E-state index contributed by atoms with van der Waals surface area (Å²) in [5.41, 5.74) is 1.46. The lowest BCUT2D eigenvalue weighted by molar-refractivity contribution is 0.451. The van der Waals surface area contributed by atoms with Crippen molar-refractivity contribution in [3.05, 3.63) is 30.7 Å². The number of nitrogens with zero attached hydrogens (tertiary/aromatic N) is 1. The second-order valence-corrected chi connectivity index (χ2v) is 2.70. The standard InChI is InChI=1S/C9H8N2O2/c12-7-1-6(2-8(13)3-7)9-4-10-5-11-9/h1-5,12-13H,(H,10,11). The zero-order chi connectivity index (χ0) is 9.26. The summed E-state index contributed by atoms with van der Waals surface area (Å²) >= 11 is 0. The van der Waals surface area contributed by atoms with E-state index in [1.54, 1.807) is 18.3 Å². The Hall–Kier alpha value is -1.97. The Morgan fingerprint density at radius 1 is 1.08 bits per heavy atom. The molecule has 0 saturated carbocycles. The number of rotatable bonds is 1. The molecular weight excluding hydrogens is 168 g/mol. The van der Waals surface area contributed by atoms with Gasteiger partial charge in [0.15, 0.2) is 0 Å². The molecule has 0 aliphatic rings. The van der Waals surface area contributed by atoms with Gasteiger partial charge in [-0.1, -0.05) is 0 Å². The summed E-state index contributed by atoms with van der Waals surface area (Å²) < 4.78 is 0. The number of phenols is 2. The molecule has 2 rings (SSSR count). The lowest BCUT2D eigenvalue weighted by atomic mass is 10.1. The number of nitrogens with one attached hydrogen (secondary N) is 1. The maximum absolute atomic E-state index is 9.20. The molecule has 13 heavy (non-hydrogen) atoms. The van der Waals surface area contributed by atoms with Crippen LogP contribution in [0, 0.1) is 0 Å². The first kappa shape index (κ1) is 7.67. The van der Waals surface area contributed by atoms with Crippen LogP contribution in [0.15, 0.2) is 30.7 Å². The minimum absolute atomic E-state index is 0.0320. The molecule has 0 unspecified atom stereocenters. The highest BCUT2D eigenvalue weighted by Gasteiger charge is 2.02. The Bertz CT molecular complexity index is 389. The number of imidazole rings is 1. The van der Waals surface area contributed by atoms with Crippen LogP contribution in [0.1, 0.15) is 0 Å². The number of aromatic amines is 1. The van der Waals surface area contributed by atoms with E-state index in [1.807, 2.05) is 0 Å². The average molecular weight is 176 g/mol. The fourth-order valence-electron chi connectivity index (χ4n) is 1.16. The molecular formula is C9H8N2O2. The molecule has 1 aromatic carbocycles. The van der Waals surface area contributed by atoms with E-state index in [9.17, 15) is 10.2 Å². The topological polar surface area (TPSA) is 69.1 Å². The minimum atomic E-state index is 0.0320. The Balaban J connectivity index is 2.53. The van der Waals surface area contributed by atoms with Gasteiger partial charge in [-0.25, -0.2) is 4.98 Å². The summed E-state index contributed by atoms with van der Waals surface area (Å²) in [6.07, 6.45) is 3.16. The van der Waals surface area contributed by atoms with Crippen LogP contribution in [-0.2, 0) is 0 Å². The molecule has 0 saturated heterocycles. The smallest absolute Gasteiger partial charge is 0.119 e. The first-order valence-corrected chi connectivity index (χ1v) is 3.77. The van der Waals surface area contributed by atoms with Gasteiger partial charge in [0, 0.05) is 11.6 Å². The monoisotopic (exact) mass is 176 g/mol. The van der Waals surface area contributed by atoms with Crippen molar-refractivity contribution >= 4 is 0 Å². The zero-order valence-corrected chi connectivity index (χ0v) is 6.73. The van der Waals surface area contributed by atoms with Crippen molar-refractivity contribution in [3.8, 4) is 22.8 Å². The van der Waals surface area contributed by atoms with Crippen molar-refractivity contribution in [1.29, 1.82) is 0 Å². The third kappa shape index (κ3) is 1.46. The van der Waals surface area contributed by atoms with Crippen LogP contribution in [0.2, 0.25) is 0 Å². The SMILES string of the molecule is Oc1cc(O)cc(-c2cnc[nH]2)c1. The fourth-order valence-corrected chi connectivity index (χ4v) is 1.16. The Kier molecular flexibility index (Phi) is 1.66. The van der Waals surface area contributed by atoms with Gasteiger partial charge in [0.05, 0.1) is 18.2 Å². The largest absolute Gasteiger partial charge is 0.508 e. The van der Waals surface area contributed by atoms with Crippen LogP contribution in [-0.4, -0.2) is 20.2 Å². The molecule has 66 valence electrons. The Labute approximate surface area is 74.5 Å². The maximum atomic E-state index is 9.20. The summed E-state index contributed by atoms with van der Waals surface area (Å²) in [5, 5.41) is 18.4. The summed E-state index contributed by atoms with van der Waals surface area (Å²) in [6, 6.07) is 4.38. The van der Waals surface area contributed by atoms with Crippen LogP contribution in [0.5, 0.6) is 11.5 Å². The zero-order valence-electron chi connectivity index (χ0n) is 6.73. The molecule has 0 spiro atoms. The van der Waals surface area contributed by atoms with E-state index >= 15 is 0 Å². The molecule has 2 aromatic rings. The van der Waals surface area contributed by atoms with Gasteiger partial charge in [0.2, 0.25) is 0 Å². The quantitative estimate of drug-likeness (QED) is 0.616. The van der Waals surface area contributed by atoms with Gasteiger partial charge in [-0.15, -0.1) is 0 Å². The van der Waals surface area contributed by atoms with E-state index in [1.165, 1.54) is 12.4 Å². The van der Waals surface area contributed by atoms with Crippen LogP contribution >= 0.6 is 0 Å². The van der Waals surface area contributed by atoms with Gasteiger partial charge in [0.25, 0.3) is 0 Å². The van der Waals surface area contributed by atoms with Crippen molar-refractivity contribution in [2.75, 3.05) is 0 Å². The number of H-pyrrole nitrogens is 1. The first-order chi connectivity index (χ1) is 6.25. The minimum Gasteiger partial charge on any atom is -0.508 e. The Morgan fingerprint density at radius 3 is 2.31 bits per heavy atom. The molecule has 4 nitrogen and oxygen atoms in total. The predicted octanol–water partition coefficient (Wildman–Crippen LogP) is 1.49. The fraction of sp³-hybridized carbons (Fsp3) is 0. The summed E-state index contributed by atoms with van der Waals surface area (Å²) in [4.78, 5) is 6.71. The van der Waals surface area contributed by atoms with Crippen molar-refractivity contribution in [2.45, 2.75) is 0 Å². The third-order valence-corrected chi connectivity index (χ3v) is 1.71. The van der Waals surface area contributed by atoms with Crippen molar-refractivity contribution < 1.29 is 10.2 Å². The van der Waals surface area contributed by atoms with Gasteiger partial charge in [-0.05, 0) is 12.1 Å².